The Morgan fingerprint density at radius 1 is 1.43 bits per heavy atom. The molecule has 0 aliphatic heterocycles. The molecular weight excluding hydrogens is 200 g/mol. The largest absolute Gasteiger partial charge is 0.480 e. The van der Waals surface area contributed by atoms with Gasteiger partial charge in [0.25, 0.3) is 0 Å². The highest BCUT2D eigenvalue weighted by atomic mass is 32.2. The molecule has 1 N–H and O–H groups in total. The second kappa shape index (κ2) is 4.91. The predicted molar refractivity (Wildman–Crippen MR) is 54.6 cm³/mol. The van der Waals surface area contributed by atoms with E-state index >= 15 is 0 Å². The SMILES string of the molecule is CC[C@H](C(=O)O)[S@@](=O)c1ccccc1. The van der Waals surface area contributed by atoms with Crippen LogP contribution in [0, 0.1) is 0 Å². The third-order valence-electron chi connectivity index (χ3n) is 1.88. The quantitative estimate of drug-likeness (QED) is 0.825. The highest BCUT2D eigenvalue weighted by Crippen LogP contribution is 2.13. The van der Waals surface area contributed by atoms with E-state index in [0.29, 0.717) is 11.3 Å². The van der Waals surface area contributed by atoms with E-state index in [1.54, 1.807) is 31.2 Å². The van der Waals surface area contributed by atoms with Gasteiger partial charge >= 0.3 is 5.97 Å². The van der Waals surface area contributed by atoms with Crippen LogP contribution in [0.25, 0.3) is 0 Å². The van der Waals surface area contributed by atoms with Crippen molar-refractivity contribution in [3.8, 4) is 0 Å². The Bertz CT molecular complexity index is 334. The summed E-state index contributed by atoms with van der Waals surface area (Å²) in [5.41, 5.74) is 0. The highest BCUT2D eigenvalue weighted by molar-refractivity contribution is 7.86. The minimum Gasteiger partial charge on any atom is -0.480 e. The summed E-state index contributed by atoms with van der Waals surface area (Å²) in [5, 5.41) is 8.00. The summed E-state index contributed by atoms with van der Waals surface area (Å²) in [7, 11) is -1.45. The Balaban J connectivity index is 2.89. The third-order valence-corrected chi connectivity index (χ3v) is 3.67. The van der Waals surface area contributed by atoms with E-state index in [2.05, 4.69) is 0 Å². The first-order valence-electron chi connectivity index (χ1n) is 4.35. The van der Waals surface area contributed by atoms with Gasteiger partial charge in [0.15, 0.2) is 0 Å². The van der Waals surface area contributed by atoms with Crippen LogP contribution in [0.15, 0.2) is 35.2 Å². The molecule has 0 heterocycles. The third kappa shape index (κ3) is 2.42. The lowest BCUT2D eigenvalue weighted by atomic mass is 10.3. The van der Waals surface area contributed by atoms with E-state index in [-0.39, 0.29) is 0 Å². The van der Waals surface area contributed by atoms with Gasteiger partial charge in [0.2, 0.25) is 0 Å². The minimum absolute atomic E-state index is 0.372. The Kier molecular flexibility index (Phi) is 3.83. The summed E-state index contributed by atoms with van der Waals surface area (Å²) in [6.45, 7) is 1.72. The first-order chi connectivity index (χ1) is 6.66. The van der Waals surface area contributed by atoms with Gasteiger partial charge in [0.05, 0.1) is 10.8 Å². The van der Waals surface area contributed by atoms with Crippen molar-refractivity contribution in [3.05, 3.63) is 30.3 Å². The smallest absolute Gasteiger partial charge is 0.319 e. The van der Waals surface area contributed by atoms with Crippen molar-refractivity contribution >= 4 is 16.8 Å². The fourth-order valence-corrected chi connectivity index (χ4v) is 2.38. The van der Waals surface area contributed by atoms with E-state index in [0.717, 1.165) is 0 Å². The molecule has 0 radical (unpaired) electrons. The summed E-state index contributed by atoms with van der Waals surface area (Å²) in [5.74, 6) is -1.00. The molecule has 0 saturated carbocycles. The minimum atomic E-state index is -1.45. The van der Waals surface area contributed by atoms with Gasteiger partial charge in [0, 0.05) is 4.90 Å². The number of benzene rings is 1. The average molecular weight is 212 g/mol. The monoisotopic (exact) mass is 212 g/mol. The standard InChI is InChI=1S/C10H12O3S/c1-2-9(10(11)12)14(13)8-6-4-3-5-7-8/h3-7,9H,2H2,1H3,(H,11,12)/t9-,14+/m1/s1. The van der Waals surface area contributed by atoms with Crippen molar-refractivity contribution in [2.24, 2.45) is 0 Å². The normalized spacial score (nSPS) is 14.6. The Morgan fingerprint density at radius 2 is 2.00 bits per heavy atom. The van der Waals surface area contributed by atoms with Crippen LogP contribution >= 0.6 is 0 Å². The van der Waals surface area contributed by atoms with Crippen molar-refractivity contribution in [3.63, 3.8) is 0 Å². The van der Waals surface area contributed by atoms with Gasteiger partial charge in [-0.3, -0.25) is 9.00 Å². The molecule has 0 spiro atoms. The van der Waals surface area contributed by atoms with Crippen molar-refractivity contribution in [2.45, 2.75) is 23.5 Å². The molecule has 0 bridgehead atoms. The molecule has 1 aromatic carbocycles. The van der Waals surface area contributed by atoms with E-state index in [1.807, 2.05) is 6.07 Å². The summed E-state index contributed by atoms with van der Waals surface area (Å²) in [6, 6.07) is 8.68. The van der Waals surface area contributed by atoms with Crippen LogP contribution in [0.3, 0.4) is 0 Å². The summed E-state index contributed by atoms with van der Waals surface area (Å²) < 4.78 is 11.7. The molecule has 0 aromatic heterocycles. The molecule has 0 aliphatic rings. The fraction of sp³-hybridized carbons (Fsp3) is 0.300. The second-order valence-corrected chi connectivity index (χ2v) is 4.48. The molecule has 2 atom stereocenters. The van der Waals surface area contributed by atoms with Crippen LogP contribution in [0.5, 0.6) is 0 Å². The second-order valence-electron chi connectivity index (χ2n) is 2.85. The van der Waals surface area contributed by atoms with Crippen LogP contribution in [0.2, 0.25) is 0 Å². The zero-order chi connectivity index (χ0) is 10.6. The van der Waals surface area contributed by atoms with Gasteiger partial charge in [-0.2, -0.15) is 0 Å². The number of rotatable bonds is 4. The van der Waals surface area contributed by atoms with Crippen molar-refractivity contribution in [2.75, 3.05) is 0 Å². The van der Waals surface area contributed by atoms with E-state index in [9.17, 15) is 9.00 Å². The van der Waals surface area contributed by atoms with Gasteiger partial charge in [-0.15, -0.1) is 0 Å². The molecular formula is C10H12O3S. The number of hydrogen-bond acceptors (Lipinski definition) is 2. The lowest BCUT2D eigenvalue weighted by molar-refractivity contribution is -0.136. The van der Waals surface area contributed by atoms with Gasteiger partial charge in [-0.1, -0.05) is 25.1 Å². The molecule has 4 heteroatoms. The first-order valence-corrected chi connectivity index (χ1v) is 5.56. The van der Waals surface area contributed by atoms with Gasteiger partial charge in [0.1, 0.15) is 5.25 Å². The Hall–Kier alpha value is -1.16. The van der Waals surface area contributed by atoms with E-state index in [1.165, 1.54) is 0 Å². The van der Waals surface area contributed by atoms with Gasteiger partial charge in [-0.05, 0) is 18.6 Å². The van der Waals surface area contributed by atoms with Crippen molar-refractivity contribution in [1.82, 2.24) is 0 Å². The molecule has 76 valence electrons. The topological polar surface area (TPSA) is 54.4 Å². The Labute approximate surface area is 85.2 Å². The number of carboxylic acids is 1. The zero-order valence-electron chi connectivity index (χ0n) is 7.84. The summed E-state index contributed by atoms with van der Waals surface area (Å²) in [6.07, 6.45) is 0.372. The van der Waals surface area contributed by atoms with E-state index < -0.39 is 22.0 Å². The highest BCUT2D eigenvalue weighted by Gasteiger charge is 2.23. The zero-order valence-corrected chi connectivity index (χ0v) is 8.66. The maximum atomic E-state index is 11.7. The van der Waals surface area contributed by atoms with Crippen molar-refractivity contribution in [1.29, 1.82) is 0 Å². The molecule has 14 heavy (non-hydrogen) atoms. The fourth-order valence-electron chi connectivity index (χ4n) is 1.14. The number of hydrogen-bond donors (Lipinski definition) is 1. The number of aliphatic carboxylic acids is 1. The summed E-state index contributed by atoms with van der Waals surface area (Å²) >= 11 is 0. The molecule has 0 saturated heterocycles. The first kappa shape index (κ1) is 10.9. The Morgan fingerprint density at radius 3 is 2.43 bits per heavy atom. The maximum Gasteiger partial charge on any atom is 0.319 e. The van der Waals surface area contributed by atoms with Crippen LogP contribution < -0.4 is 0 Å². The van der Waals surface area contributed by atoms with Crippen LogP contribution in [0.4, 0.5) is 0 Å². The summed E-state index contributed by atoms with van der Waals surface area (Å²) in [4.78, 5) is 11.3. The lowest BCUT2D eigenvalue weighted by Gasteiger charge is -2.08. The molecule has 0 aliphatic carbocycles. The maximum absolute atomic E-state index is 11.7. The van der Waals surface area contributed by atoms with Crippen LogP contribution in [0.1, 0.15) is 13.3 Å². The van der Waals surface area contributed by atoms with Gasteiger partial charge < -0.3 is 5.11 Å². The molecule has 1 aromatic rings. The predicted octanol–water partition coefficient (Wildman–Crippen LogP) is 1.66. The average Bonchev–Trinajstić information content (AvgIpc) is 2.19. The van der Waals surface area contributed by atoms with Crippen molar-refractivity contribution < 1.29 is 14.1 Å². The molecule has 3 nitrogen and oxygen atoms in total. The number of carboxylic acid groups (broad SMARTS) is 1. The molecule has 0 fully saturated rings. The van der Waals surface area contributed by atoms with Crippen LogP contribution in [-0.4, -0.2) is 20.5 Å². The lowest BCUT2D eigenvalue weighted by Crippen LogP contribution is -2.24. The number of carbonyl (C=O) groups is 1. The van der Waals surface area contributed by atoms with E-state index in [4.69, 9.17) is 5.11 Å². The molecule has 0 amide bonds. The molecule has 0 unspecified atom stereocenters. The van der Waals surface area contributed by atoms with Gasteiger partial charge in [-0.25, -0.2) is 0 Å². The molecule has 1 rings (SSSR count). The van der Waals surface area contributed by atoms with Crippen LogP contribution in [-0.2, 0) is 15.6 Å².